The van der Waals surface area contributed by atoms with E-state index in [0.29, 0.717) is 17.1 Å². The molecule has 112 valence electrons. The molecule has 0 bridgehead atoms. The molecule has 0 saturated carbocycles. The van der Waals surface area contributed by atoms with Crippen LogP contribution < -0.4 is 5.32 Å². The van der Waals surface area contributed by atoms with Crippen molar-refractivity contribution in [2.45, 2.75) is 25.0 Å². The van der Waals surface area contributed by atoms with Gasteiger partial charge in [0.1, 0.15) is 0 Å². The number of rotatable bonds is 4. The highest BCUT2D eigenvalue weighted by molar-refractivity contribution is 8.23. The van der Waals surface area contributed by atoms with Gasteiger partial charge in [-0.15, -0.1) is 23.5 Å². The van der Waals surface area contributed by atoms with E-state index in [1.807, 2.05) is 13.8 Å². The fraction of sp³-hybridized carbons (Fsp3) is 0.333. The fourth-order valence-electron chi connectivity index (χ4n) is 1.88. The van der Waals surface area contributed by atoms with Gasteiger partial charge in [0.15, 0.2) is 5.78 Å². The molecule has 1 aliphatic rings. The summed E-state index contributed by atoms with van der Waals surface area (Å²) in [4.78, 5) is 23.5. The first-order chi connectivity index (χ1) is 9.84. The average Bonchev–Trinajstić information content (AvgIpc) is 2.37. The number of ketones is 1. The molecule has 6 heteroatoms. The Hall–Kier alpha value is -0.910. The van der Waals surface area contributed by atoms with Crippen LogP contribution in [-0.4, -0.2) is 22.2 Å². The van der Waals surface area contributed by atoms with E-state index in [2.05, 4.69) is 5.32 Å². The Morgan fingerprint density at radius 1 is 1.38 bits per heavy atom. The normalized spacial score (nSPS) is 17.3. The van der Waals surface area contributed by atoms with E-state index >= 15 is 0 Å². The molecule has 1 N–H and O–H groups in total. The van der Waals surface area contributed by atoms with Crippen molar-refractivity contribution < 1.29 is 9.59 Å². The van der Waals surface area contributed by atoms with Gasteiger partial charge < -0.3 is 5.32 Å². The van der Waals surface area contributed by atoms with Crippen molar-refractivity contribution in [2.24, 2.45) is 0 Å². The van der Waals surface area contributed by atoms with Crippen LogP contribution in [0.4, 0.5) is 5.69 Å². The van der Waals surface area contributed by atoms with Gasteiger partial charge in [0.25, 0.3) is 0 Å². The zero-order chi connectivity index (χ0) is 15.5. The van der Waals surface area contributed by atoms with Gasteiger partial charge in [0.05, 0.1) is 5.75 Å². The number of anilines is 1. The summed E-state index contributed by atoms with van der Waals surface area (Å²) in [6.45, 7) is 4.08. The number of nitrogens with one attached hydrogen (secondary N) is 1. The van der Waals surface area contributed by atoms with Gasteiger partial charge in [-0.05, 0) is 38.1 Å². The third-order valence-electron chi connectivity index (χ3n) is 2.73. The standard InChI is InChI=1S/C15H16ClNO2S2/c1-15(2)8-12(18)7-14(21-15)20-9-13(19)17-11-5-3-10(16)4-6-11/h3-7H,8-9H2,1-2H3,(H,17,19). The fourth-order valence-corrected chi connectivity index (χ4v) is 4.60. The summed E-state index contributed by atoms with van der Waals surface area (Å²) in [6, 6.07) is 6.97. The van der Waals surface area contributed by atoms with Crippen molar-refractivity contribution in [3.63, 3.8) is 0 Å². The zero-order valence-corrected chi connectivity index (χ0v) is 14.2. The van der Waals surface area contributed by atoms with Gasteiger partial charge >= 0.3 is 0 Å². The summed E-state index contributed by atoms with van der Waals surface area (Å²) < 4.78 is 0.809. The molecule has 1 aromatic rings. The van der Waals surface area contributed by atoms with Crippen LogP contribution in [0.2, 0.25) is 5.02 Å². The molecule has 0 radical (unpaired) electrons. The minimum Gasteiger partial charge on any atom is -0.325 e. The molecule has 21 heavy (non-hydrogen) atoms. The van der Waals surface area contributed by atoms with Crippen LogP contribution in [-0.2, 0) is 9.59 Å². The van der Waals surface area contributed by atoms with Crippen LogP contribution in [0.1, 0.15) is 20.3 Å². The molecule has 0 atom stereocenters. The van der Waals surface area contributed by atoms with Crippen LogP contribution in [0.15, 0.2) is 34.6 Å². The minimum atomic E-state index is -0.0975. The topological polar surface area (TPSA) is 46.2 Å². The molecule has 0 aliphatic carbocycles. The Balaban J connectivity index is 1.86. The van der Waals surface area contributed by atoms with Gasteiger partial charge in [0, 0.05) is 32.2 Å². The Morgan fingerprint density at radius 2 is 2.05 bits per heavy atom. The predicted molar refractivity (Wildman–Crippen MR) is 91.9 cm³/mol. The second-order valence-electron chi connectivity index (χ2n) is 5.31. The molecule has 0 saturated heterocycles. The zero-order valence-electron chi connectivity index (χ0n) is 11.8. The lowest BCUT2D eigenvalue weighted by atomic mass is 10.1. The summed E-state index contributed by atoms with van der Waals surface area (Å²) in [5.41, 5.74) is 0.715. The van der Waals surface area contributed by atoms with Crippen LogP contribution in [0.3, 0.4) is 0 Å². The number of carbonyl (C=O) groups is 2. The minimum absolute atomic E-state index is 0.0964. The van der Waals surface area contributed by atoms with Crippen molar-refractivity contribution in [1.29, 1.82) is 0 Å². The molecule has 0 aromatic heterocycles. The second-order valence-corrected chi connectivity index (χ2v) is 8.77. The maximum absolute atomic E-state index is 11.9. The van der Waals surface area contributed by atoms with Crippen molar-refractivity contribution in [1.82, 2.24) is 0 Å². The summed E-state index contributed by atoms with van der Waals surface area (Å²) in [5, 5.41) is 3.43. The quantitative estimate of drug-likeness (QED) is 0.885. The molecule has 3 nitrogen and oxygen atoms in total. The number of carbonyl (C=O) groups excluding carboxylic acids is 2. The lowest BCUT2D eigenvalue weighted by Gasteiger charge is -2.27. The van der Waals surface area contributed by atoms with Gasteiger partial charge in [-0.25, -0.2) is 0 Å². The Labute approximate surface area is 137 Å². The average molecular weight is 342 g/mol. The van der Waals surface area contributed by atoms with Crippen LogP contribution in [0.5, 0.6) is 0 Å². The highest BCUT2D eigenvalue weighted by Gasteiger charge is 2.28. The number of thioether (sulfide) groups is 2. The lowest BCUT2D eigenvalue weighted by molar-refractivity contribution is -0.115. The van der Waals surface area contributed by atoms with Crippen LogP contribution in [0.25, 0.3) is 0 Å². The molecular formula is C15H16ClNO2S2. The first-order valence-electron chi connectivity index (χ1n) is 6.46. The van der Waals surface area contributed by atoms with E-state index in [-0.39, 0.29) is 22.2 Å². The predicted octanol–water partition coefficient (Wildman–Crippen LogP) is 4.34. The summed E-state index contributed by atoms with van der Waals surface area (Å²) >= 11 is 8.84. The molecule has 0 unspecified atom stereocenters. The molecule has 1 heterocycles. The number of amides is 1. The van der Waals surface area contributed by atoms with Crippen molar-refractivity contribution in [3.8, 4) is 0 Å². The number of halogens is 1. The highest BCUT2D eigenvalue weighted by Crippen LogP contribution is 2.43. The maximum Gasteiger partial charge on any atom is 0.234 e. The third-order valence-corrected chi connectivity index (χ3v) is 5.41. The molecular weight excluding hydrogens is 326 g/mol. The second kappa shape index (κ2) is 6.90. The monoisotopic (exact) mass is 341 g/mol. The summed E-state index contributed by atoms with van der Waals surface area (Å²) in [6.07, 6.45) is 2.18. The number of hydrogen-bond donors (Lipinski definition) is 1. The molecule has 0 fully saturated rings. The van der Waals surface area contributed by atoms with E-state index in [9.17, 15) is 9.59 Å². The van der Waals surface area contributed by atoms with E-state index < -0.39 is 0 Å². The summed E-state index contributed by atoms with van der Waals surface area (Å²) in [7, 11) is 0. The van der Waals surface area contributed by atoms with E-state index in [0.717, 1.165) is 4.24 Å². The van der Waals surface area contributed by atoms with E-state index in [1.165, 1.54) is 11.8 Å². The number of hydrogen-bond acceptors (Lipinski definition) is 4. The first kappa shape index (κ1) is 16.5. The molecule has 1 aliphatic heterocycles. The highest BCUT2D eigenvalue weighted by atomic mass is 35.5. The van der Waals surface area contributed by atoms with E-state index in [1.54, 1.807) is 42.1 Å². The van der Waals surface area contributed by atoms with E-state index in [4.69, 9.17) is 11.6 Å². The van der Waals surface area contributed by atoms with Crippen molar-refractivity contribution >= 4 is 52.5 Å². The first-order valence-corrected chi connectivity index (χ1v) is 8.64. The van der Waals surface area contributed by atoms with Crippen LogP contribution in [0, 0.1) is 0 Å². The number of allylic oxidation sites excluding steroid dienone is 1. The molecule has 1 amide bonds. The molecule has 1 aromatic carbocycles. The molecule has 0 spiro atoms. The van der Waals surface area contributed by atoms with Crippen molar-refractivity contribution in [2.75, 3.05) is 11.1 Å². The Bertz CT molecular complexity index is 582. The Kier molecular flexibility index (Phi) is 5.41. The SMILES string of the molecule is CC1(C)CC(=O)C=C(SCC(=O)Nc2ccc(Cl)cc2)S1. The summed E-state index contributed by atoms with van der Waals surface area (Å²) in [5.74, 6) is 0.309. The largest absolute Gasteiger partial charge is 0.325 e. The lowest BCUT2D eigenvalue weighted by Crippen LogP contribution is -2.23. The van der Waals surface area contributed by atoms with Crippen LogP contribution >= 0.6 is 35.1 Å². The Morgan fingerprint density at radius 3 is 2.67 bits per heavy atom. The van der Waals surface area contributed by atoms with Gasteiger partial charge in [-0.1, -0.05) is 11.6 Å². The number of benzene rings is 1. The third kappa shape index (κ3) is 5.41. The smallest absolute Gasteiger partial charge is 0.234 e. The molecule has 2 rings (SSSR count). The van der Waals surface area contributed by atoms with Gasteiger partial charge in [-0.3, -0.25) is 9.59 Å². The van der Waals surface area contributed by atoms with Gasteiger partial charge in [0.2, 0.25) is 5.91 Å². The van der Waals surface area contributed by atoms with Gasteiger partial charge in [-0.2, -0.15) is 0 Å². The maximum atomic E-state index is 11.9. The van der Waals surface area contributed by atoms with Crippen molar-refractivity contribution in [3.05, 3.63) is 39.6 Å².